The molecule has 0 aromatic rings. The number of carbonyl (C=O) groups excluding carboxylic acids is 2. The van der Waals surface area contributed by atoms with Crippen molar-refractivity contribution in [3.8, 4) is 0 Å². The quantitative estimate of drug-likeness (QED) is 0.745. The van der Waals surface area contributed by atoms with E-state index in [4.69, 9.17) is 4.74 Å². The maximum atomic E-state index is 12.4. The van der Waals surface area contributed by atoms with Gasteiger partial charge in [-0.15, -0.1) is 0 Å². The molecule has 1 amide bonds. The average molecular weight is 297 g/mol. The maximum absolute atomic E-state index is 12.4. The SMILES string of the molecule is CCOC(=O)C1CCCN(C(=O)CN2CCN[C@@H](C)C2)C1. The largest absolute Gasteiger partial charge is 0.466 e. The van der Waals surface area contributed by atoms with E-state index in [0.717, 1.165) is 39.0 Å². The van der Waals surface area contributed by atoms with Gasteiger partial charge in [-0.25, -0.2) is 0 Å². The number of likely N-dealkylation sites (tertiary alicyclic amines) is 1. The van der Waals surface area contributed by atoms with Crippen LogP contribution in [-0.4, -0.2) is 73.6 Å². The lowest BCUT2D eigenvalue weighted by molar-refractivity contribution is -0.151. The van der Waals surface area contributed by atoms with Crippen LogP contribution in [0.25, 0.3) is 0 Å². The summed E-state index contributed by atoms with van der Waals surface area (Å²) in [5.74, 6) is -0.173. The van der Waals surface area contributed by atoms with Crippen molar-refractivity contribution >= 4 is 11.9 Å². The zero-order chi connectivity index (χ0) is 15.2. The van der Waals surface area contributed by atoms with Gasteiger partial charge in [0.25, 0.3) is 0 Å². The smallest absolute Gasteiger partial charge is 0.310 e. The molecule has 0 radical (unpaired) electrons. The van der Waals surface area contributed by atoms with Crippen molar-refractivity contribution in [3.63, 3.8) is 0 Å². The Morgan fingerprint density at radius 1 is 1.29 bits per heavy atom. The summed E-state index contributed by atoms with van der Waals surface area (Å²) in [5.41, 5.74) is 0. The first-order valence-corrected chi connectivity index (χ1v) is 8.00. The Bertz CT molecular complexity index is 375. The number of amides is 1. The molecule has 0 spiro atoms. The predicted octanol–water partition coefficient (Wildman–Crippen LogP) is 0.0818. The first kappa shape index (κ1) is 16.2. The number of nitrogens with zero attached hydrogens (tertiary/aromatic N) is 2. The van der Waals surface area contributed by atoms with Gasteiger partial charge in [0.1, 0.15) is 0 Å². The second-order valence-electron chi connectivity index (χ2n) is 6.02. The van der Waals surface area contributed by atoms with E-state index in [1.165, 1.54) is 0 Å². The Balaban J connectivity index is 1.82. The second kappa shape index (κ2) is 7.75. The van der Waals surface area contributed by atoms with E-state index in [0.29, 0.717) is 25.7 Å². The lowest BCUT2D eigenvalue weighted by Gasteiger charge is -2.35. The molecule has 2 aliphatic heterocycles. The van der Waals surface area contributed by atoms with Crippen LogP contribution in [0, 0.1) is 5.92 Å². The summed E-state index contributed by atoms with van der Waals surface area (Å²) in [6.07, 6.45) is 1.71. The van der Waals surface area contributed by atoms with E-state index in [9.17, 15) is 9.59 Å². The molecule has 6 heteroatoms. The third-order valence-electron chi connectivity index (χ3n) is 4.21. The molecule has 6 nitrogen and oxygen atoms in total. The third-order valence-corrected chi connectivity index (χ3v) is 4.21. The van der Waals surface area contributed by atoms with Crippen molar-refractivity contribution in [1.29, 1.82) is 0 Å². The molecule has 2 saturated heterocycles. The van der Waals surface area contributed by atoms with Gasteiger partial charge in [-0.1, -0.05) is 0 Å². The molecule has 2 rings (SSSR count). The van der Waals surface area contributed by atoms with Crippen LogP contribution in [0.2, 0.25) is 0 Å². The van der Waals surface area contributed by atoms with Crippen LogP contribution in [0.3, 0.4) is 0 Å². The number of piperazine rings is 1. The van der Waals surface area contributed by atoms with Gasteiger partial charge in [0.2, 0.25) is 5.91 Å². The van der Waals surface area contributed by atoms with E-state index in [-0.39, 0.29) is 17.8 Å². The zero-order valence-corrected chi connectivity index (χ0v) is 13.1. The van der Waals surface area contributed by atoms with Crippen molar-refractivity contribution in [2.24, 2.45) is 5.92 Å². The number of hydrogen-bond acceptors (Lipinski definition) is 5. The molecular weight excluding hydrogens is 270 g/mol. The minimum absolute atomic E-state index is 0.137. The summed E-state index contributed by atoms with van der Waals surface area (Å²) in [6, 6.07) is 0.431. The van der Waals surface area contributed by atoms with Crippen LogP contribution in [0.4, 0.5) is 0 Å². The normalized spacial score (nSPS) is 27.4. The summed E-state index contributed by atoms with van der Waals surface area (Å²) in [7, 11) is 0. The first-order valence-electron chi connectivity index (χ1n) is 8.00. The molecule has 120 valence electrons. The molecule has 1 unspecified atom stereocenters. The monoisotopic (exact) mass is 297 g/mol. The van der Waals surface area contributed by atoms with Gasteiger partial charge in [0.05, 0.1) is 19.1 Å². The zero-order valence-electron chi connectivity index (χ0n) is 13.1. The number of esters is 1. The molecule has 0 aromatic carbocycles. The van der Waals surface area contributed by atoms with Gasteiger partial charge in [-0.3, -0.25) is 14.5 Å². The molecule has 2 fully saturated rings. The predicted molar refractivity (Wildman–Crippen MR) is 79.8 cm³/mol. The van der Waals surface area contributed by atoms with Crippen LogP contribution in [0.5, 0.6) is 0 Å². The maximum Gasteiger partial charge on any atom is 0.310 e. The number of piperidine rings is 1. The summed E-state index contributed by atoms with van der Waals surface area (Å²) in [6.45, 7) is 8.83. The molecule has 0 aliphatic carbocycles. The van der Waals surface area contributed by atoms with Gasteiger partial charge in [0.15, 0.2) is 0 Å². The Kier molecular flexibility index (Phi) is 5.99. The number of hydrogen-bond donors (Lipinski definition) is 1. The number of carbonyl (C=O) groups is 2. The Morgan fingerprint density at radius 3 is 2.81 bits per heavy atom. The second-order valence-corrected chi connectivity index (χ2v) is 6.02. The lowest BCUT2D eigenvalue weighted by Crippen LogP contribution is -2.53. The molecule has 21 heavy (non-hydrogen) atoms. The van der Waals surface area contributed by atoms with Crippen molar-refractivity contribution in [1.82, 2.24) is 15.1 Å². The van der Waals surface area contributed by atoms with E-state index in [1.54, 1.807) is 0 Å². The van der Waals surface area contributed by atoms with Gasteiger partial charge in [-0.2, -0.15) is 0 Å². The Labute approximate surface area is 126 Å². The van der Waals surface area contributed by atoms with Gasteiger partial charge in [0, 0.05) is 38.8 Å². The van der Waals surface area contributed by atoms with Crippen LogP contribution >= 0.6 is 0 Å². The van der Waals surface area contributed by atoms with Crippen LogP contribution in [0.1, 0.15) is 26.7 Å². The van der Waals surface area contributed by atoms with Gasteiger partial charge >= 0.3 is 5.97 Å². The summed E-state index contributed by atoms with van der Waals surface area (Å²) < 4.78 is 5.08. The highest BCUT2D eigenvalue weighted by molar-refractivity contribution is 5.80. The highest BCUT2D eigenvalue weighted by atomic mass is 16.5. The molecule has 2 aliphatic rings. The fourth-order valence-electron chi connectivity index (χ4n) is 3.10. The summed E-state index contributed by atoms with van der Waals surface area (Å²) in [4.78, 5) is 28.3. The fraction of sp³-hybridized carbons (Fsp3) is 0.867. The average Bonchev–Trinajstić information content (AvgIpc) is 2.47. The van der Waals surface area contributed by atoms with Crippen molar-refractivity contribution < 1.29 is 14.3 Å². The topological polar surface area (TPSA) is 61.9 Å². The highest BCUT2D eigenvalue weighted by Gasteiger charge is 2.30. The van der Waals surface area contributed by atoms with Gasteiger partial charge < -0.3 is 15.0 Å². The lowest BCUT2D eigenvalue weighted by atomic mass is 9.98. The Morgan fingerprint density at radius 2 is 2.10 bits per heavy atom. The Hall–Kier alpha value is -1.14. The van der Waals surface area contributed by atoms with Crippen LogP contribution in [-0.2, 0) is 14.3 Å². The van der Waals surface area contributed by atoms with Gasteiger partial charge in [-0.05, 0) is 26.7 Å². The standard InChI is InChI=1S/C15H27N3O3/c1-3-21-15(20)13-5-4-7-18(10-13)14(19)11-17-8-6-16-12(2)9-17/h12-13,16H,3-11H2,1-2H3/t12-,13?/m0/s1. The highest BCUT2D eigenvalue weighted by Crippen LogP contribution is 2.18. The summed E-state index contributed by atoms with van der Waals surface area (Å²) >= 11 is 0. The molecule has 0 saturated carbocycles. The molecular formula is C15H27N3O3. The molecule has 2 atom stereocenters. The first-order chi connectivity index (χ1) is 10.1. The molecule has 1 N–H and O–H groups in total. The molecule has 0 bridgehead atoms. The number of rotatable bonds is 4. The molecule has 0 aromatic heterocycles. The minimum atomic E-state index is -0.161. The van der Waals surface area contributed by atoms with Crippen LogP contribution < -0.4 is 5.32 Å². The van der Waals surface area contributed by atoms with E-state index in [1.807, 2.05) is 11.8 Å². The van der Waals surface area contributed by atoms with Crippen molar-refractivity contribution in [3.05, 3.63) is 0 Å². The van der Waals surface area contributed by atoms with E-state index in [2.05, 4.69) is 17.1 Å². The third kappa shape index (κ3) is 4.68. The van der Waals surface area contributed by atoms with E-state index >= 15 is 0 Å². The van der Waals surface area contributed by atoms with Crippen molar-refractivity contribution in [2.75, 3.05) is 45.9 Å². The van der Waals surface area contributed by atoms with Crippen LogP contribution in [0.15, 0.2) is 0 Å². The van der Waals surface area contributed by atoms with Crippen molar-refractivity contribution in [2.45, 2.75) is 32.7 Å². The minimum Gasteiger partial charge on any atom is -0.466 e. The fourth-order valence-corrected chi connectivity index (χ4v) is 3.10. The van der Waals surface area contributed by atoms with E-state index < -0.39 is 0 Å². The molecule has 2 heterocycles. The number of ether oxygens (including phenoxy) is 1. The number of nitrogens with one attached hydrogen (secondary N) is 1. The summed E-state index contributed by atoms with van der Waals surface area (Å²) in [5, 5.41) is 3.37.